The van der Waals surface area contributed by atoms with Crippen molar-refractivity contribution in [3.05, 3.63) is 53.1 Å². The largest absolute Gasteiger partial charge is 0.338 e. The van der Waals surface area contributed by atoms with Crippen molar-refractivity contribution in [3.8, 4) is 5.69 Å². The first-order valence-corrected chi connectivity index (χ1v) is 7.71. The predicted molar refractivity (Wildman–Crippen MR) is 84.9 cm³/mol. The van der Waals surface area contributed by atoms with Crippen LogP contribution in [-0.2, 0) is 0 Å². The fourth-order valence-corrected chi connectivity index (χ4v) is 3.26. The van der Waals surface area contributed by atoms with E-state index in [1.54, 1.807) is 12.1 Å². The van der Waals surface area contributed by atoms with Crippen LogP contribution in [0.1, 0.15) is 35.1 Å². The summed E-state index contributed by atoms with van der Waals surface area (Å²) in [6.45, 7) is 7.76. The summed E-state index contributed by atoms with van der Waals surface area (Å²) in [5.41, 5.74) is 3.52. The van der Waals surface area contributed by atoms with Crippen LogP contribution in [0.3, 0.4) is 0 Å². The van der Waals surface area contributed by atoms with Gasteiger partial charge in [0, 0.05) is 30.2 Å². The van der Waals surface area contributed by atoms with Crippen molar-refractivity contribution < 1.29 is 9.18 Å². The summed E-state index contributed by atoms with van der Waals surface area (Å²) in [6, 6.07) is 8.29. The molecule has 0 N–H and O–H groups in total. The van der Waals surface area contributed by atoms with Crippen molar-refractivity contribution in [2.75, 3.05) is 13.1 Å². The Morgan fingerprint density at radius 2 is 1.91 bits per heavy atom. The third-order valence-corrected chi connectivity index (χ3v) is 4.46. The average molecular weight is 300 g/mol. The van der Waals surface area contributed by atoms with E-state index in [9.17, 15) is 9.18 Å². The highest BCUT2D eigenvalue weighted by Gasteiger charge is 2.27. The first-order chi connectivity index (χ1) is 10.5. The van der Waals surface area contributed by atoms with Gasteiger partial charge in [-0.3, -0.25) is 4.79 Å². The van der Waals surface area contributed by atoms with Crippen LogP contribution in [0.25, 0.3) is 5.69 Å². The van der Waals surface area contributed by atoms with Crippen LogP contribution in [0.15, 0.2) is 30.3 Å². The van der Waals surface area contributed by atoms with Gasteiger partial charge in [0.2, 0.25) is 0 Å². The van der Waals surface area contributed by atoms with E-state index in [1.807, 2.05) is 29.4 Å². The third-order valence-electron chi connectivity index (χ3n) is 4.46. The molecule has 3 nitrogen and oxygen atoms in total. The molecule has 4 heteroatoms. The van der Waals surface area contributed by atoms with Gasteiger partial charge in [-0.2, -0.15) is 0 Å². The van der Waals surface area contributed by atoms with Crippen molar-refractivity contribution in [3.63, 3.8) is 0 Å². The average Bonchev–Trinajstić information content (AvgIpc) is 3.04. The number of benzene rings is 1. The Morgan fingerprint density at radius 3 is 2.50 bits per heavy atom. The fourth-order valence-electron chi connectivity index (χ4n) is 3.26. The summed E-state index contributed by atoms with van der Waals surface area (Å²) in [7, 11) is 0. The minimum Gasteiger partial charge on any atom is -0.338 e. The summed E-state index contributed by atoms with van der Waals surface area (Å²) in [4.78, 5) is 14.6. The van der Waals surface area contributed by atoms with Crippen LogP contribution in [0, 0.1) is 25.6 Å². The van der Waals surface area contributed by atoms with Gasteiger partial charge in [0.25, 0.3) is 5.91 Å². The highest BCUT2D eigenvalue weighted by atomic mass is 19.1. The molecule has 1 aliphatic rings. The van der Waals surface area contributed by atoms with Gasteiger partial charge in [-0.05, 0) is 56.5 Å². The number of carbonyl (C=O) groups excluding carboxylic acids is 1. The van der Waals surface area contributed by atoms with Gasteiger partial charge >= 0.3 is 0 Å². The van der Waals surface area contributed by atoms with Crippen LogP contribution in [0.5, 0.6) is 0 Å². The van der Waals surface area contributed by atoms with Crippen LogP contribution in [-0.4, -0.2) is 28.5 Å². The zero-order valence-corrected chi connectivity index (χ0v) is 13.3. The molecule has 1 saturated heterocycles. The topological polar surface area (TPSA) is 25.2 Å². The number of aryl methyl sites for hydroxylation is 1. The van der Waals surface area contributed by atoms with E-state index in [2.05, 4.69) is 6.92 Å². The van der Waals surface area contributed by atoms with Crippen molar-refractivity contribution >= 4 is 5.91 Å². The highest BCUT2D eigenvalue weighted by Crippen LogP contribution is 2.24. The lowest BCUT2D eigenvalue weighted by atomic mass is 10.2. The van der Waals surface area contributed by atoms with Crippen molar-refractivity contribution in [1.29, 1.82) is 0 Å². The Bertz CT molecular complexity index is 703. The number of halogens is 1. The first kappa shape index (κ1) is 14.8. The summed E-state index contributed by atoms with van der Waals surface area (Å²) in [6.07, 6.45) is 1.07. The molecule has 2 heterocycles. The monoisotopic (exact) mass is 300 g/mol. The fraction of sp³-hybridized carbons (Fsp3) is 0.389. The zero-order chi connectivity index (χ0) is 15.9. The summed E-state index contributed by atoms with van der Waals surface area (Å²) in [5.74, 6) is 0.420. The molecule has 116 valence electrons. The number of hydrogen-bond acceptors (Lipinski definition) is 1. The lowest BCUT2D eigenvalue weighted by molar-refractivity contribution is 0.0787. The second-order valence-electron chi connectivity index (χ2n) is 6.24. The molecule has 1 aliphatic heterocycles. The number of aromatic nitrogens is 1. The van der Waals surface area contributed by atoms with Crippen LogP contribution < -0.4 is 0 Å². The van der Waals surface area contributed by atoms with Gasteiger partial charge in [-0.1, -0.05) is 6.92 Å². The number of hydrogen-bond donors (Lipinski definition) is 0. The van der Waals surface area contributed by atoms with Gasteiger partial charge in [-0.15, -0.1) is 0 Å². The van der Waals surface area contributed by atoms with Gasteiger partial charge in [0.1, 0.15) is 5.82 Å². The predicted octanol–water partition coefficient (Wildman–Crippen LogP) is 3.72. The van der Waals surface area contributed by atoms with E-state index in [4.69, 9.17) is 0 Å². The molecule has 1 aromatic heterocycles. The zero-order valence-electron chi connectivity index (χ0n) is 13.3. The normalized spacial score (nSPS) is 18.0. The smallest absolute Gasteiger partial charge is 0.255 e. The quantitative estimate of drug-likeness (QED) is 0.830. The molecule has 0 radical (unpaired) electrons. The lowest BCUT2D eigenvalue weighted by Crippen LogP contribution is -2.28. The molecule has 1 amide bonds. The molecule has 1 atom stereocenters. The SMILES string of the molecule is Cc1cc(C(=O)N2CCC(C)C2)c(C)n1-c1ccc(F)cc1. The second-order valence-corrected chi connectivity index (χ2v) is 6.24. The first-order valence-electron chi connectivity index (χ1n) is 7.71. The molecular weight excluding hydrogens is 279 g/mol. The number of nitrogens with zero attached hydrogens (tertiary/aromatic N) is 2. The van der Waals surface area contributed by atoms with Gasteiger partial charge in [-0.25, -0.2) is 4.39 Å². The van der Waals surface area contributed by atoms with Crippen molar-refractivity contribution in [2.24, 2.45) is 5.92 Å². The van der Waals surface area contributed by atoms with Crippen LogP contribution >= 0.6 is 0 Å². The minimum absolute atomic E-state index is 0.103. The Balaban J connectivity index is 1.96. The molecule has 1 unspecified atom stereocenters. The summed E-state index contributed by atoms with van der Waals surface area (Å²) in [5, 5.41) is 0. The van der Waals surface area contributed by atoms with E-state index in [0.29, 0.717) is 5.92 Å². The van der Waals surface area contributed by atoms with Gasteiger partial charge in [0.05, 0.1) is 5.56 Å². The van der Waals surface area contributed by atoms with E-state index in [-0.39, 0.29) is 11.7 Å². The second kappa shape index (κ2) is 5.59. The molecule has 3 rings (SSSR count). The molecule has 1 fully saturated rings. The maximum absolute atomic E-state index is 13.1. The van der Waals surface area contributed by atoms with Crippen LogP contribution in [0.4, 0.5) is 4.39 Å². The summed E-state index contributed by atoms with van der Waals surface area (Å²) < 4.78 is 15.1. The van der Waals surface area contributed by atoms with Crippen molar-refractivity contribution in [2.45, 2.75) is 27.2 Å². The summed E-state index contributed by atoms with van der Waals surface area (Å²) >= 11 is 0. The Labute approximate surface area is 130 Å². The Kier molecular flexibility index (Phi) is 3.77. The molecule has 1 aromatic carbocycles. The molecule has 0 spiro atoms. The standard InChI is InChI=1S/C18H21FN2O/c1-12-8-9-20(11-12)18(22)17-10-13(2)21(14(17)3)16-6-4-15(19)5-7-16/h4-7,10,12H,8-9,11H2,1-3H3. The van der Waals surface area contributed by atoms with Crippen LogP contribution in [0.2, 0.25) is 0 Å². The number of likely N-dealkylation sites (tertiary alicyclic amines) is 1. The van der Waals surface area contributed by atoms with E-state index in [1.165, 1.54) is 12.1 Å². The minimum atomic E-state index is -0.256. The third kappa shape index (κ3) is 2.54. The highest BCUT2D eigenvalue weighted by molar-refractivity contribution is 5.96. The molecule has 0 aliphatic carbocycles. The number of carbonyl (C=O) groups is 1. The molecule has 22 heavy (non-hydrogen) atoms. The molecule has 0 saturated carbocycles. The maximum atomic E-state index is 13.1. The molecule has 2 aromatic rings. The van der Waals surface area contributed by atoms with E-state index in [0.717, 1.165) is 42.1 Å². The molecular formula is C18H21FN2O. The maximum Gasteiger partial charge on any atom is 0.255 e. The van der Waals surface area contributed by atoms with Crippen molar-refractivity contribution in [1.82, 2.24) is 9.47 Å². The molecule has 0 bridgehead atoms. The van der Waals surface area contributed by atoms with E-state index < -0.39 is 0 Å². The van der Waals surface area contributed by atoms with Gasteiger partial charge < -0.3 is 9.47 Å². The Morgan fingerprint density at radius 1 is 1.23 bits per heavy atom. The number of rotatable bonds is 2. The Hall–Kier alpha value is -2.10. The lowest BCUT2D eigenvalue weighted by Gasteiger charge is -2.16. The van der Waals surface area contributed by atoms with Gasteiger partial charge in [0.15, 0.2) is 0 Å². The number of amides is 1. The van der Waals surface area contributed by atoms with E-state index >= 15 is 0 Å².